The Morgan fingerprint density at radius 1 is 1.67 bits per heavy atom. The van der Waals surface area contributed by atoms with Crippen LogP contribution < -0.4 is 0 Å². The molecule has 0 fully saturated rings. The minimum atomic E-state index is -0.784. The summed E-state index contributed by atoms with van der Waals surface area (Å²) in [6.07, 6.45) is 1.70. The first-order valence-electron chi connectivity index (χ1n) is 3.96. The lowest BCUT2D eigenvalue weighted by Crippen LogP contribution is -2.27. The molecule has 4 heteroatoms. The smallest absolute Gasteiger partial charge is 0.319 e. The van der Waals surface area contributed by atoms with Crippen LogP contribution in [0.4, 0.5) is 0 Å². The van der Waals surface area contributed by atoms with Gasteiger partial charge in [0.15, 0.2) is 0 Å². The van der Waals surface area contributed by atoms with Crippen LogP contribution >= 0.6 is 22.6 Å². The van der Waals surface area contributed by atoms with Crippen molar-refractivity contribution in [1.29, 1.82) is 0 Å². The molecule has 3 nitrogen and oxygen atoms in total. The number of carboxylic acid groups (broad SMARTS) is 1. The summed E-state index contributed by atoms with van der Waals surface area (Å²) >= 11 is 1.93. The van der Waals surface area contributed by atoms with Crippen molar-refractivity contribution in [3.05, 3.63) is 0 Å². The van der Waals surface area contributed by atoms with Gasteiger partial charge in [0.1, 0.15) is 3.42 Å². The molecule has 0 aliphatic heterocycles. The molecule has 0 aliphatic carbocycles. The van der Waals surface area contributed by atoms with E-state index in [1.165, 1.54) is 0 Å². The van der Waals surface area contributed by atoms with E-state index in [0.29, 0.717) is 12.8 Å². The number of hydrogen-bond acceptors (Lipinski definition) is 2. The SMILES string of the molecule is CC(O)CCCC(C)(I)C(=O)O. The van der Waals surface area contributed by atoms with Crippen molar-refractivity contribution in [2.75, 3.05) is 0 Å². The summed E-state index contributed by atoms with van der Waals surface area (Å²) in [6, 6.07) is 0. The number of halogens is 1. The molecule has 0 aromatic heterocycles. The third-order valence-corrected chi connectivity index (χ3v) is 2.71. The number of aliphatic hydroxyl groups is 1. The molecular formula is C8H15IO3. The summed E-state index contributed by atoms with van der Waals surface area (Å²) in [7, 11) is 0. The highest BCUT2D eigenvalue weighted by Gasteiger charge is 2.28. The highest BCUT2D eigenvalue weighted by molar-refractivity contribution is 14.1. The normalized spacial score (nSPS) is 18.3. The average Bonchev–Trinajstić information content (AvgIpc) is 1.85. The highest BCUT2D eigenvalue weighted by atomic mass is 127. The Morgan fingerprint density at radius 2 is 2.17 bits per heavy atom. The molecule has 0 rings (SSSR count). The molecule has 0 radical (unpaired) electrons. The number of carbonyl (C=O) groups is 1. The second-order valence-corrected chi connectivity index (χ2v) is 5.62. The summed E-state index contributed by atoms with van der Waals surface area (Å²) in [6.45, 7) is 3.41. The zero-order chi connectivity index (χ0) is 9.78. The molecular weight excluding hydrogens is 271 g/mol. The lowest BCUT2D eigenvalue weighted by molar-refractivity contribution is -0.139. The van der Waals surface area contributed by atoms with E-state index in [0.717, 1.165) is 6.42 Å². The van der Waals surface area contributed by atoms with Crippen molar-refractivity contribution < 1.29 is 15.0 Å². The lowest BCUT2D eigenvalue weighted by atomic mass is 10.0. The highest BCUT2D eigenvalue weighted by Crippen LogP contribution is 2.25. The summed E-state index contributed by atoms with van der Waals surface area (Å²) in [5, 5.41) is 17.7. The average molecular weight is 286 g/mol. The van der Waals surface area contributed by atoms with Crippen molar-refractivity contribution in [3.8, 4) is 0 Å². The molecule has 0 spiro atoms. The monoisotopic (exact) mass is 286 g/mol. The molecule has 0 aliphatic rings. The fourth-order valence-corrected chi connectivity index (χ4v) is 1.22. The van der Waals surface area contributed by atoms with Crippen LogP contribution in [0.3, 0.4) is 0 Å². The quantitative estimate of drug-likeness (QED) is 0.598. The fraction of sp³-hybridized carbons (Fsp3) is 0.875. The van der Waals surface area contributed by atoms with E-state index >= 15 is 0 Å². The molecule has 0 aromatic carbocycles. The van der Waals surface area contributed by atoms with Crippen molar-refractivity contribution in [2.24, 2.45) is 0 Å². The van der Waals surface area contributed by atoms with Gasteiger partial charge in [-0.3, -0.25) is 4.79 Å². The maximum Gasteiger partial charge on any atom is 0.319 e. The third-order valence-electron chi connectivity index (χ3n) is 1.71. The molecule has 0 aromatic rings. The van der Waals surface area contributed by atoms with Gasteiger partial charge in [0, 0.05) is 0 Å². The van der Waals surface area contributed by atoms with Crippen molar-refractivity contribution >= 4 is 28.6 Å². The van der Waals surface area contributed by atoms with Gasteiger partial charge in [-0.05, 0) is 33.1 Å². The van der Waals surface area contributed by atoms with E-state index < -0.39 is 9.39 Å². The van der Waals surface area contributed by atoms with Gasteiger partial charge in [-0.2, -0.15) is 0 Å². The predicted molar refractivity (Wildman–Crippen MR) is 55.6 cm³/mol. The van der Waals surface area contributed by atoms with Crippen LogP contribution in [-0.4, -0.2) is 25.7 Å². The van der Waals surface area contributed by atoms with Gasteiger partial charge in [0.2, 0.25) is 0 Å². The number of hydrogen-bond donors (Lipinski definition) is 2. The topological polar surface area (TPSA) is 57.5 Å². The standard InChI is InChI=1S/C8H15IO3/c1-6(10)4-3-5-8(2,9)7(11)12/h6,10H,3-5H2,1-2H3,(H,11,12). The zero-order valence-electron chi connectivity index (χ0n) is 7.38. The van der Waals surface area contributed by atoms with Gasteiger partial charge < -0.3 is 10.2 Å². The van der Waals surface area contributed by atoms with Gasteiger partial charge in [-0.15, -0.1) is 0 Å². The first kappa shape index (κ1) is 12.2. The molecule has 12 heavy (non-hydrogen) atoms. The summed E-state index contributed by atoms with van der Waals surface area (Å²) < 4.78 is -0.688. The molecule has 0 saturated heterocycles. The minimum Gasteiger partial charge on any atom is -0.480 e. The summed E-state index contributed by atoms with van der Waals surface area (Å²) in [5.41, 5.74) is 0. The maximum atomic E-state index is 10.6. The fourth-order valence-electron chi connectivity index (χ4n) is 0.836. The summed E-state index contributed by atoms with van der Waals surface area (Å²) in [5.74, 6) is -0.784. The molecule has 0 saturated carbocycles. The third kappa shape index (κ3) is 4.92. The minimum absolute atomic E-state index is 0.328. The number of aliphatic hydroxyl groups excluding tert-OH is 1. The van der Waals surface area contributed by atoms with Crippen LogP contribution in [-0.2, 0) is 4.79 Å². The first-order chi connectivity index (χ1) is 5.36. The van der Waals surface area contributed by atoms with E-state index in [9.17, 15) is 4.79 Å². The second-order valence-electron chi connectivity index (χ2n) is 3.24. The van der Waals surface area contributed by atoms with E-state index in [1.54, 1.807) is 13.8 Å². The second kappa shape index (κ2) is 5.01. The molecule has 0 bridgehead atoms. The number of alkyl halides is 1. The predicted octanol–water partition coefficient (Wildman–Crippen LogP) is 1.82. The van der Waals surface area contributed by atoms with Gasteiger partial charge >= 0.3 is 5.97 Å². The molecule has 2 atom stereocenters. The molecule has 2 N–H and O–H groups in total. The Bertz CT molecular complexity index is 154. The maximum absolute atomic E-state index is 10.6. The van der Waals surface area contributed by atoms with Gasteiger partial charge in [0.05, 0.1) is 6.10 Å². The lowest BCUT2D eigenvalue weighted by Gasteiger charge is -2.16. The van der Waals surface area contributed by atoms with Crippen molar-refractivity contribution in [1.82, 2.24) is 0 Å². The van der Waals surface area contributed by atoms with Crippen LogP contribution in [0.25, 0.3) is 0 Å². The van der Waals surface area contributed by atoms with E-state index in [4.69, 9.17) is 10.2 Å². The number of rotatable bonds is 5. The number of aliphatic carboxylic acids is 1. The molecule has 0 amide bonds. The zero-order valence-corrected chi connectivity index (χ0v) is 9.54. The Hall–Kier alpha value is 0.160. The van der Waals surface area contributed by atoms with Gasteiger partial charge in [0.25, 0.3) is 0 Å². The summed E-state index contributed by atoms with van der Waals surface area (Å²) in [4.78, 5) is 10.6. The Balaban J connectivity index is 3.69. The van der Waals surface area contributed by atoms with Crippen molar-refractivity contribution in [3.63, 3.8) is 0 Å². The van der Waals surface area contributed by atoms with E-state index in [1.807, 2.05) is 22.6 Å². The number of carboxylic acids is 1. The first-order valence-corrected chi connectivity index (χ1v) is 5.04. The Morgan fingerprint density at radius 3 is 2.50 bits per heavy atom. The Labute approximate surface area is 86.3 Å². The molecule has 2 unspecified atom stereocenters. The van der Waals surface area contributed by atoms with Crippen molar-refractivity contribution in [2.45, 2.75) is 42.6 Å². The Kier molecular flexibility index (Phi) is 5.08. The molecule has 0 heterocycles. The van der Waals surface area contributed by atoms with Crippen LogP contribution in [0.5, 0.6) is 0 Å². The van der Waals surface area contributed by atoms with Gasteiger partial charge in [-0.25, -0.2) is 0 Å². The van der Waals surface area contributed by atoms with Crippen LogP contribution in [0.2, 0.25) is 0 Å². The largest absolute Gasteiger partial charge is 0.480 e. The van der Waals surface area contributed by atoms with Crippen LogP contribution in [0.15, 0.2) is 0 Å². The van der Waals surface area contributed by atoms with E-state index in [-0.39, 0.29) is 6.10 Å². The van der Waals surface area contributed by atoms with Crippen LogP contribution in [0.1, 0.15) is 33.1 Å². The van der Waals surface area contributed by atoms with Gasteiger partial charge in [-0.1, -0.05) is 22.6 Å². The van der Waals surface area contributed by atoms with Crippen LogP contribution in [0, 0.1) is 0 Å². The van der Waals surface area contributed by atoms with E-state index in [2.05, 4.69) is 0 Å². The molecule has 72 valence electrons.